The molecule has 1 atom stereocenters. The van der Waals surface area contributed by atoms with E-state index in [9.17, 15) is 9.59 Å². The lowest BCUT2D eigenvalue weighted by Gasteiger charge is -2.13. The van der Waals surface area contributed by atoms with Crippen molar-refractivity contribution in [3.8, 4) is 0 Å². The number of hydrogen-bond donors (Lipinski definition) is 1. The molecule has 0 aliphatic carbocycles. The summed E-state index contributed by atoms with van der Waals surface area (Å²) in [4.78, 5) is 30.8. The van der Waals surface area contributed by atoms with E-state index >= 15 is 0 Å². The average Bonchev–Trinajstić information content (AvgIpc) is 3.50. The third-order valence-electron chi connectivity index (χ3n) is 5.80. The van der Waals surface area contributed by atoms with Gasteiger partial charge in [-0.15, -0.1) is 11.3 Å². The van der Waals surface area contributed by atoms with Crippen LogP contribution in [0.1, 0.15) is 18.4 Å². The van der Waals surface area contributed by atoms with Gasteiger partial charge in [-0.1, -0.05) is 60.3 Å². The van der Waals surface area contributed by atoms with Crippen molar-refractivity contribution in [1.82, 2.24) is 14.9 Å². The summed E-state index contributed by atoms with van der Waals surface area (Å²) in [6.45, 7) is 1.81. The van der Waals surface area contributed by atoms with Gasteiger partial charge in [-0.25, -0.2) is 4.98 Å². The number of carbonyl (C=O) groups excluding carboxylic acids is 1. The highest BCUT2D eigenvalue weighted by Gasteiger charge is 2.19. The Morgan fingerprint density at radius 2 is 2.00 bits per heavy atom. The van der Waals surface area contributed by atoms with Crippen molar-refractivity contribution in [1.29, 1.82) is 0 Å². The largest absolute Gasteiger partial charge is 0.376 e. The zero-order chi connectivity index (χ0) is 22.6. The molecular weight excluding hydrogens is 454 g/mol. The van der Waals surface area contributed by atoms with Crippen molar-refractivity contribution in [2.45, 2.75) is 37.1 Å². The van der Waals surface area contributed by atoms with Gasteiger partial charge in [0.2, 0.25) is 5.91 Å². The normalized spacial score (nSPS) is 15.9. The summed E-state index contributed by atoms with van der Waals surface area (Å²) in [6, 6.07) is 18.0. The summed E-state index contributed by atoms with van der Waals surface area (Å²) in [5, 5.41) is 4.51. The Morgan fingerprint density at radius 1 is 1.18 bits per heavy atom. The Hall–Kier alpha value is -2.68. The number of nitrogens with zero attached hydrogens (tertiary/aromatic N) is 2. The fourth-order valence-corrected chi connectivity index (χ4v) is 6.00. The van der Waals surface area contributed by atoms with Crippen LogP contribution in [0.3, 0.4) is 0 Å². The van der Waals surface area contributed by atoms with E-state index in [2.05, 4.69) is 17.4 Å². The Balaban J connectivity index is 1.41. The summed E-state index contributed by atoms with van der Waals surface area (Å²) >= 11 is 2.80. The highest BCUT2D eigenvalue weighted by Crippen LogP contribution is 2.31. The van der Waals surface area contributed by atoms with Crippen molar-refractivity contribution in [3.05, 3.63) is 70.5 Å². The molecule has 2 aromatic heterocycles. The third kappa shape index (κ3) is 4.98. The van der Waals surface area contributed by atoms with Crippen molar-refractivity contribution in [3.63, 3.8) is 0 Å². The maximum absolute atomic E-state index is 13.5. The molecule has 0 bridgehead atoms. The third-order valence-corrected chi connectivity index (χ3v) is 7.92. The first-order valence-electron chi connectivity index (χ1n) is 11.2. The van der Waals surface area contributed by atoms with Gasteiger partial charge in [0.25, 0.3) is 5.56 Å². The summed E-state index contributed by atoms with van der Waals surface area (Å²) in [5.74, 6) is 0.132. The maximum Gasteiger partial charge on any atom is 0.272 e. The number of amides is 1. The number of fused-ring (bicyclic) bond motifs is 3. The minimum atomic E-state index is -0.0744. The van der Waals surface area contributed by atoms with Gasteiger partial charge in [0.05, 0.1) is 17.4 Å². The molecule has 0 spiro atoms. The maximum atomic E-state index is 13.5. The monoisotopic (exact) mass is 479 g/mol. The number of aryl methyl sites for hydroxylation is 1. The van der Waals surface area contributed by atoms with Crippen LogP contribution in [0.5, 0.6) is 0 Å². The number of aromatic nitrogens is 2. The van der Waals surface area contributed by atoms with E-state index in [4.69, 9.17) is 9.72 Å². The topological polar surface area (TPSA) is 73.2 Å². The van der Waals surface area contributed by atoms with Crippen molar-refractivity contribution >= 4 is 49.3 Å². The molecule has 8 heteroatoms. The van der Waals surface area contributed by atoms with Gasteiger partial charge in [0.1, 0.15) is 4.70 Å². The molecule has 0 radical (unpaired) electrons. The van der Waals surface area contributed by atoms with Crippen LogP contribution in [-0.4, -0.2) is 40.5 Å². The smallest absolute Gasteiger partial charge is 0.272 e. The lowest BCUT2D eigenvalue weighted by Crippen LogP contribution is -2.33. The molecule has 6 nitrogen and oxygen atoms in total. The molecule has 1 aliphatic heterocycles. The molecule has 1 fully saturated rings. The molecule has 33 heavy (non-hydrogen) atoms. The van der Waals surface area contributed by atoms with E-state index in [0.29, 0.717) is 22.9 Å². The minimum absolute atomic E-state index is 0.0422. The van der Waals surface area contributed by atoms with E-state index in [0.717, 1.165) is 47.0 Å². The molecule has 1 N–H and O–H groups in total. The van der Waals surface area contributed by atoms with Crippen LogP contribution in [0.25, 0.3) is 20.3 Å². The van der Waals surface area contributed by atoms with E-state index < -0.39 is 0 Å². The first-order valence-corrected chi connectivity index (χ1v) is 13.0. The molecule has 4 aromatic rings. The van der Waals surface area contributed by atoms with Gasteiger partial charge in [-0.2, -0.15) is 0 Å². The van der Waals surface area contributed by atoms with Gasteiger partial charge in [0.15, 0.2) is 5.16 Å². The van der Waals surface area contributed by atoms with E-state index in [1.807, 2.05) is 42.5 Å². The Labute approximate surface area is 200 Å². The van der Waals surface area contributed by atoms with Crippen LogP contribution in [0.2, 0.25) is 0 Å². The highest BCUT2D eigenvalue weighted by atomic mass is 32.2. The molecular formula is C25H25N3O3S2. The zero-order valence-electron chi connectivity index (χ0n) is 18.2. The SMILES string of the molecule is O=C(CSc1nc2c(sc3ccccc32)c(=O)n1CCc1ccccc1)NC[C@H]1CCCO1. The van der Waals surface area contributed by atoms with Crippen LogP contribution in [-0.2, 0) is 22.5 Å². The predicted octanol–water partition coefficient (Wildman–Crippen LogP) is 4.24. The molecule has 170 valence electrons. The fraction of sp³-hybridized carbons (Fsp3) is 0.320. The quantitative estimate of drug-likeness (QED) is 0.302. The number of thioether (sulfide) groups is 1. The number of thiophene rings is 1. The van der Waals surface area contributed by atoms with Gasteiger partial charge < -0.3 is 10.1 Å². The number of nitrogens with one attached hydrogen (secondary N) is 1. The van der Waals surface area contributed by atoms with Gasteiger partial charge >= 0.3 is 0 Å². The number of benzene rings is 2. The standard InChI is InChI=1S/C25H25N3O3S2/c29-21(26-15-18-9-6-14-31-18)16-32-25-27-22-19-10-4-5-11-20(19)33-23(22)24(30)28(25)13-12-17-7-2-1-3-8-17/h1-5,7-8,10-11,18H,6,9,12-16H2,(H,26,29)/t18-/m1/s1. The van der Waals surface area contributed by atoms with E-state index in [1.54, 1.807) is 4.57 Å². The minimum Gasteiger partial charge on any atom is -0.376 e. The first kappa shape index (κ1) is 22.1. The molecule has 0 unspecified atom stereocenters. The average molecular weight is 480 g/mol. The van der Waals surface area contributed by atoms with Crippen LogP contribution in [0.15, 0.2) is 64.5 Å². The van der Waals surface area contributed by atoms with Crippen LogP contribution < -0.4 is 10.9 Å². The molecule has 2 aromatic carbocycles. The summed E-state index contributed by atoms with van der Waals surface area (Å²) in [6.07, 6.45) is 2.85. The lowest BCUT2D eigenvalue weighted by atomic mass is 10.1. The number of carbonyl (C=O) groups is 1. The number of rotatable bonds is 8. The van der Waals surface area contributed by atoms with E-state index in [-0.39, 0.29) is 23.3 Å². The van der Waals surface area contributed by atoms with Crippen LogP contribution in [0, 0.1) is 0 Å². The molecule has 5 rings (SSSR count). The second kappa shape index (κ2) is 10.1. The van der Waals surface area contributed by atoms with Crippen LogP contribution >= 0.6 is 23.1 Å². The second-order valence-corrected chi connectivity index (χ2v) is 10.1. The highest BCUT2D eigenvalue weighted by molar-refractivity contribution is 7.99. The van der Waals surface area contributed by atoms with Gasteiger partial charge in [0, 0.05) is 29.8 Å². The van der Waals surface area contributed by atoms with Crippen LogP contribution in [0.4, 0.5) is 0 Å². The molecule has 0 saturated carbocycles. The summed E-state index contributed by atoms with van der Waals surface area (Å²) in [5.41, 5.74) is 1.84. The van der Waals surface area contributed by atoms with E-state index in [1.165, 1.54) is 23.1 Å². The summed E-state index contributed by atoms with van der Waals surface area (Å²) in [7, 11) is 0. The number of hydrogen-bond acceptors (Lipinski definition) is 6. The Bertz CT molecular complexity index is 1330. The zero-order valence-corrected chi connectivity index (χ0v) is 19.8. The number of ether oxygens (including phenoxy) is 1. The Morgan fingerprint density at radius 3 is 2.82 bits per heavy atom. The van der Waals surface area contributed by atoms with Gasteiger partial charge in [-0.3, -0.25) is 14.2 Å². The Kier molecular flexibility index (Phi) is 6.75. The van der Waals surface area contributed by atoms with Crippen molar-refractivity contribution in [2.75, 3.05) is 18.9 Å². The molecule has 1 aliphatic rings. The lowest BCUT2D eigenvalue weighted by molar-refractivity contribution is -0.119. The second-order valence-electron chi connectivity index (χ2n) is 8.09. The fourth-order valence-electron chi connectivity index (χ4n) is 4.06. The van der Waals surface area contributed by atoms with Crippen molar-refractivity contribution in [2.24, 2.45) is 0 Å². The first-order chi connectivity index (χ1) is 16.2. The summed E-state index contributed by atoms with van der Waals surface area (Å²) < 4.78 is 9.01. The molecule has 1 amide bonds. The molecule has 1 saturated heterocycles. The predicted molar refractivity (Wildman–Crippen MR) is 134 cm³/mol. The van der Waals surface area contributed by atoms with Gasteiger partial charge in [-0.05, 0) is 30.9 Å². The van der Waals surface area contributed by atoms with Crippen molar-refractivity contribution < 1.29 is 9.53 Å². The molecule has 3 heterocycles.